The number of hydrogen-bond donors (Lipinski definition) is 4. The molecule has 212 valence electrons. The van der Waals surface area contributed by atoms with E-state index in [4.69, 9.17) is 0 Å². The molecule has 1 aliphatic rings. The number of benzene rings is 4. The van der Waals surface area contributed by atoms with Crippen LogP contribution in [0.15, 0.2) is 97.1 Å². The topological polar surface area (TPSA) is 48.1 Å². The summed E-state index contributed by atoms with van der Waals surface area (Å²) in [7, 11) is 0. The van der Waals surface area contributed by atoms with E-state index in [2.05, 4.69) is 148 Å². The SMILES string of the molecule is CCCC(C)(C)Nc1ccc(Nc2ccccc2)cc1Cc1cc(Nc2ccccc2)cc2c1NC(C)(C)C=C2C. The molecule has 0 unspecified atom stereocenters. The molecular formula is C37H44N4. The number of allylic oxidation sites excluding steroid dienone is 1. The van der Waals surface area contributed by atoms with E-state index in [1.807, 2.05) is 12.1 Å². The first-order valence-electron chi connectivity index (χ1n) is 14.8. The van der Waals surface area contributed by atoms with Gasteiger partial charge in [0.1, 0.15) is 0 Å². The highest BCUT2D eigenvalue weighted by Gasteiger charge is 2.26. The van der Waals surface area contributed by atoms with Crippen molar-refractivity contribution in [1.29, 1.82) is 0 Å². The van der Waals surface area contributed by atoms with Gasteiger partial charge >= 0.3 is 0 Å². The van der Waals surface area contributed by atoms with Crippen LogP contribution in [0.2, 0.25) is 0 Å². The van der Waals surface area contributed by atoms with Crippen molar-refractivity contribution in [2.24, 2.45) is 0 Å². The van der Waals surface area contributed by atoms with E-state index in [1.165, 1.54) is 33.6 Å². The Morgan fingerprint density at radius 3 is 1.98 bits per heavy atom. The summed E-state index contributed by atoms with van der Waals surface area (Å²) in [5, 5.41) is 15.0. The van der Waals surface area contributed by atoms with Crippen molar-refractivity contribution in [1.82, 2.24) is 0 Å². The average molecular weight is 545 g/mol. The summed E-state index contributed by atoms with van der Waals surface area (Å²) >= 11 is 0. The first-order chi connectivity index (χ1) is 19.6. The summed E-state index contributed by atoms with van der Waals surface area (Å²) in [6.45, 7) is 13.5. The number of fused-ring (bicyclic) bond motifs is 1. The number of anilines is 6. The van der Waals surface area contributed by atoms with Crippen molar-refractivity contribution in [2.45, 2.75) is 71.9 Å². The van der Waals surface area contributed by atoms with Crippen LogP contribution in [0, 0.1) is 0 Å². The molecule has 41 heavy (non-hydrogen) atoms. The summed E-state index contributed by atoms with van der Waals surface area (Å²) in [4.78, 5) is 0. The minimum absolute atomic E-state index is 0.00637. The zero-order valence-electron chi connectivity index (χ0n) is 25.4. The molecule has 0 atom stereocenters. The van der Waals surface area contributed by atoms with Gasteiger partial charge in [0.05, 0.1) is 5.54 Å². The van der Waals surface area contributed by atoms with Crippen LogP contribution in [-0.2, 0) is 6.42 Å². The van der Waals surface area contributed by atoms with Gasteiger partial charge in [-0.3, -0.25) is 0 Å². The van der Waals surface area contributed by atoms with Gasteiger partial charge in [0.25, 0.3) is 0 Å². The van der Waals surface area contributed by atoms with Crippen LogP contribution >= 0.6 is 0 Å². The summed E-state index contributed by atoms with van der Waals surface area (Å²) in [6.07, 6.45) is 5.35. The third-order valence-electron chi connectivity index (χ3n) is 7.63. The van der Waals surface area contributed by atoms with Crippen LogP contribution in [0.5, 0.6) is 0 Å². The molecule has 0 saturated carbocycles. The Bertz CT molecular complexity index is 1520. The zero-order chi connectivity index (χ0) is 29.0. The molecule has 0 aliphatic carbocycles. The van der Waals surface area contributed by atoms with Crippen LogP contribution in [0.3, 0.4) is 0 Å². The molecule has 4 aromatic rings. The fourth-order valence-electron chi connectivity index (χ4n) is 5.92. The fourth-order valence-corrected chi connectivity index (χ4v) is 5.92. The highest BCUT2D eigenvalue weighted by Crippen LogP contribution is 2.41. The lowest BCUT2D eigenvalue weighted by Gasteiger charge is -2.34. The van der Waals surface area contributed by atoms with Gasteiger partial charge in [-0.15, -0.1) is 0 Å². The van der Waals surface area contributed by atoms with E-state index < -0.39 is 0 Å². The number of rotatable bonds is 10. The molecule has 1 aliphatic heterocycles. The van der Waals surface area contributed by atoms with Gasteiger partial charge in [0, 0.05) is 51.6 Å². The molecular weight excluding hydrogens is 500 g/mol. The maximum atomic E-state index is 3.88. The molecule has 0 amide bonds. The van der Waals surface area contributed by atoms with E-state index >= 15 is 0 Å². The number of nitrogens with one attached hydrogen (secondary N) is 4. The fraction of sp³-hybridized carbons (Fsp3) is 0.297. The molecule has 0 aromatic heterocycles. The van der Waals surface area contributed by atoms with Crippen molar-refractivity contribution < 1.29 is 0 Å². The molecule has 0 bridgehead atoms. The molecule has 4 N–H and O–H groups in total. The second-order valence-corrected chi connectivity index (χ2v) is 12.5. The number of hydrogen-bond acceptors (Lipinski definition) is 4. The lowest BCUT2D eigenvalue weighted by atomic mass is 9.87. The maximum absolute atomic E-state index is 3.88. The van der Waals surface area contributed by atoms with Gasteiger partial charge in [-0.2, -0.15) is 0 Å². The molecule has 4 heteroatoms. The predicted octanol–water partition coefficient (Wildman–Crippen LogP) is 10.4. The lowest BCUT2D eigenvalue weighted by molar-refractivity contribution is 0.510. The second kappa shape index (κ2) is 11.7. The molecule has 0 saturated heterocycles. The molecule has 5 rings (SSSR count). The van der Waals surface area contributed by atoms with E-state index in [0.717, 1.165) is 42.0 Å². The largest absolute Gasteiger partial charge is 0.380 e. The Kier molecular flexibility index (Phi) is 8.12. The molecule has 4 aromatic carbocycles. The minimum Gasteiger partial charge on any atom is -0.380 e. The highest BCUT2D eigenvalue weighted by molar-refractivity contribution is 5.86. The minimum atomic E-state index is -0.124. The Balaban J connectivity index is 1.59. The standard InChI is InChI=1S/C37H44N4/c1-7-20-36(3,4)40-34-19-18-31(38-29-14-10-8-11-15-29)22-27(34)21-28-23-32(39-30-16-12-9-13-17-30)24-33-26(2)25-37(5,6)41-35(28)33/h8-19,22-25,38-41H,7,20-21H2,1-6H3. The Hall–Kier alpha value is -4.18. The van der Waals surface area contributed by atoms with Crippen molar-refractivity contribution in [3.8, 4) is 0 Å². The third-order valence-corrected chi connectivity index (χ3v) is 7.63. The van der Waals surface area contributed by atoms with Gasteiger partial charge in [-0.1, -0.05) is 55.8 Å². The van der Waals surface area contributed by atoms with E-state index in [1.54, 1.807) is 0 Å². The van der Waals surface area contributed by atoms with Crippen LogP contribution in [-0.4, -0.2) is 11.1 Å². The molecule has 4 nitrogen and oxygen atoms in total. The summed E-state index contributed by atoms with van der Waals surface area (Å²) in [5.41, 5.74) is 11.7. The van der Waals surface area contributed by atoms with E-state index in [9.17, 15) is 0 Å². The molecule has 1 heterocycles. The molecule has 0 fully saturated rings. The smallest absolute Gasteiger partial charge is 0.0506 e. The van der Waals surface area contributed by atoms with Gasteiger partial charge in [0.2, 0.25) is 0 Å². The monoisotopic (exact) mass is 544 g/mol. The van der Waals surface area contributed by atoms with Gasteiger partial charge < -0.3 is 21.3 Å². The van der Waals surface area contributed by atoms with Crippen molar-refractivity contribution >= 4 is 39.7 Å². The first kappa shape index (κ1) is 28.4. The Morgan fingerprint density at radius 1 is 0.732 bits per heavy atom. The maximum Gasteiger partial charge on any atom is 0.0506 e. The molecule has 0 spiro atoms. The Labute approximate surface area is 246 Å². The molecule has 0 radical (unpaired) electrons. The normalized spacial score (nSPS) is 14.0. The zero-order valence-corrected chi connectivity index (χ0v) is 25.4. The van der Waals surface area contributed by atoms with Crippen LogP contribution in [0.25, 0.3) is 5.57 Å². The second-order valence-electron chi connectivity index (χ2n) is 12.5. The van der Waals surface area contributed by atoms with Crippen molar-refractivity contribution in [2.75, 3.05) is 21.3 Å². The summed E-state index contributed by atoms with van der Waals surface area (Å²) in [5.74, 6) is 0. The summed E-state index contributed by atoms with van der Waals surface area (Å²) in [6, 6.07) is 32.1. The van der Waals surface area contributed by atoms with Crippen molar-refractivity contribution in [3.63, 3.8) is 0 Å². The third kappa shape index (κ3) is 7.13. The number of para-hydroxylation sites is 2. The van der Waals surface area contributed by atoms with Gasteiger partial charge in [0.15, 0.2) is 0 Å². The van der Waals surface area contributed by atoms with Crippen LogP contribution < -0.4 is 21.3 Å². The van der Waals surface area contributed by atoms with Crippen LogP contribution in [0.4, 0.5) is 34.1 Å². The predicted molar refractivity (Wildman–Crippen MR) is 179 cm³/mol. The van der Waals surface area contributed by atoms with Gasteiger partial charge in [-0.05, 0) is 112 Å². The van der Waals surface area contributed by atoms with Crippen molar-refractivity contribution in [3.05, 3.63) is 114 Å². The van der Waals surface area contributed by atoms with Gasteiger partial charge in [-0.25, -0.2) is 0 Å². The van der Waals surface area contributed by atoms with Crippen LogP contribution in [0.1, 0.15) is 71.1 Å². The lowest BCUT2D eigenvalue weighted by Crippen LogP contribution is -2.32. The Morgan fingerprint density at radius 2 is 1.34 bits per heavy atom. The van der Waals surface area contributed by atoms with E-state index in [-0.39, 0.29) is 11.1 Å². The highest BCUT2D eigenvalue weighted by atomic mass is 15.0. The first-order valence-corrected chi connectivity index (χ1v) is 14.8. The quantitative estimate of drug-likeness (QED) is 0.160. The summed E-state index contributed by atoms with van der Waals surface area (Å²) < 4.78 is 0. The average Bonchev–Trinajstić information content (AvgIpc) is 2.91. The van der Waals surface area contributed by atoms with E-state index in [0.29, 0.717) is 0 Å².